The van der Waals surface area contributed by atoms with Crippen molar-refractivity contribution in [2.24, 2.45) is 11.1 Å². The van der Waals surface area contributed by atoms with Crippen molar-refractivity contribution in [3.05, 3.63) is 28.7 Å². The van der Waals surface area contributed by atoms with Crippen LogP contribution in [0.5, 0.6) is 5.75 Å². The summed E-state index contributed by atoms with van der Waals surface area (Å²) in [7, 11) is 0. The van der Waals surface area contributed by atoms with Gasteiger partial charge in [0.1, 0.15) is 5.75 Å². The molecule has 0 heterocycles. The van der Waals surface area contributed by atoms with Crippen LogP contribution in [0.3, 0.4) is 0 Å². The number of hydrogen-bond donors (Lipinski definition) is 2. The molecule has 0 aromatic heterocycles. The number of amidine groups is 1. The fourth-order valence-electron chi connectivity index (χ4n) is 1.09. The number of halogens is 1. The lowest BCUT2D eigenvalue weighted by Gasteiger charge is -2.22. The molecule has 1 rings (SSSR count). The third-order valence-electron chi connectivity index (χ3n) is 2.54. The maximum absolute atomic E-state index is 7.42. The van der Waals surface area contributed by atoms with Crippen LogP contribution in [0, 0.1) is 10.8 Å². The molecule has 0 fully saturated rings. The predicted molar refractivity (Wildman–Crippen MR) is 69.9 cm³/mol. The van der Waals surface area contributed by atoms with Crippen LogP contribution in [-0.4, -0.2) is 12.4 Å². The first-order valence-electron chi connectivity index (χ1n) is 5.15. The Labute approximate surface area is 105 Å². The molecule has 88 valence electrons. The molecule has 4 heteroatoms. The average molecular weight is 285 g/mol. The third kappa shape index (κ3) is 3.85. The van der Waals surface area contributed by atoms with Crippen LogP contribution < -0.4 is 10.5 Å². The van der Waals surface area contributed by atoms with Crippen LogP contribution in [-0.2, 0) is 0 Å². The summed E-state index contributed by atoms with van der Waals surface area (Å²) in [4.78, 5) is 0. The number of rotatable bonds is 5. The minimum Gasteiger partial charge on any atom is -0.494 e. The number of nitrogens with two attached hydrogens (primary N) is 1. The molecule has 0 aliphatic rings. The Morgan fingerprint density at radius 1 is 1.38 bits per heavy atom. The summed E-state index contributed by atoms with van der Waals surface area (Å²) >= 11 is 3.36. The topological polar surface area (TPSA) is 59.1 Å². The lowest BCUT2D eigenvalue weighted by Crippen LogP contribution is -2.32. The van der Waals surface area contributed by atoms with Crippen LogP contribution in [0.15, 0.2) is 28.7 Å². The Kier molecular flexibility index (Phi) is 4.35. The molecule has 0 aliphatic heterocycles. The molecule has 0 atom stereocenters. The highest BCUT2D eigenvalue weighted by Gasteiger charge is 2.21. The molecule has 0 aliphatic carbocycles. The van der Waals surface area contributed by atoms with Crippen LogP contribution in [0.1, 0.15) is 20.3 Å². The van der Waals surface area contributed by atoms with E-state index in [1.807, 2.05) is 38.1 Å². The minimum absolute atomic E-state index is 0.201. The summed E-state index contributed by atoms with van der Waals surface area (Å²) < 4.78 is 6.61. The SMILES string of the molecule is CC(C)(CCOc1ccc(Br)cc1)C(=N)N. The van der Waals surface area contributed by atoms with Crippen molar-refractivity contribution in [2.45, 2.75) is 20.3 Å². The van der Waals surface area contributed by atoms with Gasteiger partial charge < -0.3 is 10.5 Å². The van der Waals surface area contributed by atoms with Gasteiger partial charge in [-0.3, -0.25) is 5.41 Å². The first-order valence-corrected chi connectivity index (χ1v) is 5.94. The highest BCUT2D eigenvalue weighted by molar-refractivity contribution is 9.10. The van der Waals surface area contributed by atoms with Gasteiger partial charge in [-0.1, -0.05) is 29.8 Å². The molecular formula is C12H17BrN2O. The minimum atomic E-state index is -0.296. The van der Waals surface area contributed by atoms with Gasteiger partial charge in [-0.2, -0.15) is 0 Å². The van der Waals surface area contributed by atoms with E-state index in [9.17, 15) is 0 Å². The Morgan fingerprint density at radius 3 is 2.44 bits per heavy atom. The van der Waals surface area contributed by atoms with E-state index < -0.39 is 0 Å². The van der Waals surface area contributed by atoms with E-state index in [4.69, 9.17) is 15.9 Å². The molecular weight excluding hydrogens is 268 g/mol. The molecule has 0 saturated carbocycles. The molecule has 1 aromatic rings. The Hall–Kier alpha value is -1.03. The molecule has 0 unspecified atom stereocenters. The molecule has 3 N–H and O–H groups in total. The van der Waals surface area contributed by atoms with Gasteiger partial charge in [-0.05, 0) is 30.7 Å². The van der Waals surface area contributed by atoms with Gasteiger partial charge in [0, 0.05) is 9.89 Å². The highest BCUT2D eigenvalue weighted by atomic mass is 79.9. The van der Waals surface area contributed by atoms with Gasteiger partial charge >= 0.3 is 0 Å². The van der Waals surface area contributed by atoms with Crippen LogP contribution in [0.2, 0.25) is 0 Å². The van der Waals surface area contributed by atoms with Gasteiger partial charge in [-0.15, -0.1) is 0 Å². The van der Waals surface area contributed by atoms with Crippen molar-refractivity contribution in [1.29, 1.82) is 5.41 Å². The summed E-state index contributed by atoms with van der Waals surface area (Å²) in [5.74, 6) is 1.04. The maximum atomic E-state index is 7.42. The molecule has 0 bridgehead atoms. The predicted octanol–water partition coefficient (Wildman–Crippen LogP) is 3.18. The largest absolute Gasteiger partial charge is 0.494 e. The third-order valence-corrected chi connectivity index (χ3v) is 3.07. The van der Waals surface area contributed by atoms with Crippen molar-refractivity contribution in [3.63, 3.8) is 0 Å². The number of benzene rings is 1. The van der Waals surface area contributed by atoms with Crippen molar-refractivity contribution in [3.8, 4) is 5.75 Å². The monoisotopic (exact) mass is 284 g/mol. The highest BCUT2D eigenvalue weighted by Crippen LogP contribution is 2.21. The fourth-order valence-corrected chi connectivity index (χ4v) is 1.35. The summed E-state index contributed by atoms with van der Waals surface area (Å²) in [6.07, 6.45) is 0.735. The molecule has 0 amide bonds. The van der Waals surface area contributed by atoms with Crippen molar-refractivity contribution < 1.29 is 4.74 Å². The van der Waals surface area contributed by atoms with Crippen LogP contribution >= 0.6 is 15.9 Å². The molecule has 0 radical (unpaired) electrons. The van der Waals surface area contributed by atoms with E-state index in [2.05, 4.69) is 15.9 Å². The van der Waals surface area contributed by atoms with E-state index in [0.717, 1.165) is 16.6 Å². The summed E-state index contributed by atoms with van der Waals surface area (Å²) in [5.41, 5.74) is 5.19. The van der Waals surface area contributed by atoms with E-state index in [1.54, 1.807) is 0 Å². The summed E-state index contributed by atoms with van der Waals surface area (Å²) in [6, 6.07) is 7.69. The zero-order valence-electron chi connectivity index (χ0n) is 9.59. The smallest absolute Gasteiger partial charge is 0.119 e. The van der Waals surface area contributed by atoms with Gasteiger partial charge in [0.2, 0.25) is 0 Å². The van der Waals surface area contributed by atoms with Crippen molar-refractivity contribution in [1.82, 2.24) is 0 Å². The second-order valence-corrected chi connectivity index (χ2v) is 5.27. The number of hydrogen-bond acceptors (Lipinski definition) is 2. The first kappa shape index (κ1) is 13.0. The van der Waals surface area contributed by atoms with Crippen molar-refractivity contribution >= 4 is 21.8 Å². The second-order valence-electron chi connectivity index (χ2n) is 4.35. The first-order chi connectivity index (χ1) is 7.42. The van der Waals surface area contributed by atoms with Crippen LogP contribution in [0.25, 0.3) is 0 Å². The van der Waals surface area contributed by atoms with E-state index in [-0.39, 0.29) is 11.3 Å². The standard InChI is InChI=1S/C12H17BrN2O/c1-12(2,11(14)15)7-8-16-10-5-3-9(13)4-6-10/h3-6H,7-8H2,1-2H3,(H3,14,15). The van der Waals surface area contributed by atoms with Gasteiger partial charge in [0.05, 0.1) is 12.4 Å². The van der Waals surface area contributed by atoms with E-state index >= 15 is 0 Å². The normalized spacial score (nSPS) is 11.2. The Morgan fingerprint density at radius 2 is 1.94 bits per heavy atom. The van der Waals surface area contributed by atoms with Crippen LogP contribution in [0.4, 0.5) is 0 Å². The van der Waals surface area contributed by atoms with Gasteiger partial charge in [0.25, 0.3) is 0 Å². The summed E-state index contributed by atoms with van der Waals surface area (Å²) in [6.45, 7) is 4.45. The van der Waals surface area contributed by atoms with Gasteiger partial charge in [-0.25, -0.2) is 0 Å². The second kappa shape index (κ2) is 5.34. The Balaban J connectivity index is 2.41. The molecule has 1 aromatic carbocycles. The summed E-state index contributed by atoms with van der Waals surface area (Å²) in [5, 5.41) is 7.42. The maximum Gasteiger partial charge on any atom is 0.119 e. The van der Waals surface area contributed by atoms with Gasteiger partial charge in [0.15, 0.2) is 0 Å². The van der Waals surface area contributed by atoms with Crippen molar-refractivity contribution in [2.75, 3.05) is 6.61 Å². The lowest BCUT2D eigenvalue weighted by molar-refractivity contribution is 0.268. The zero-order valence-corrected chi connectivity index (χ0v) is 11.2. The Bertz CT molecular complexity index is 360. The lowest BCUT2D eigenvalue weighted by atomic mass is 9.88. The molecule has 0 spiro atoms. The zero-order chi connectivity index (χ0) is 12.2. The van der Waals surface area contributed by atoms with E-state index in [0.29, 0.717) is 6.61 Å². The number of nitrogens with one attached hydrogen (secondary N) is 1. The molecule has 0 saturated heterocycles. The average Bonchev–Trinajstić information content (AvgIpc) is 2.20. The number of ether oxygens (including phenoxy) is 1. The van der Waals surface area contributed by atoms with E-state index in [1.165, 1.54) is 0 Å². The quantitative estimate of drug-likeness (QED) is 0.644. The molecule has 16 heavy (non-hydrogen) atoms. The molecule has 3 nitrogen and oxygen atoms in total. The fraction of sp³-hybridized carbons (Fsp3) is 0.417.